The smallest absolute Gasteiger partial charge is 0.133 e. The van der Waals surface area contributed by atoms with Crippen LogP contribution in [-0.4, -0.2) is 21.5 Å². The van der Waals surface area contributed by atoms with Gasteiger partial charge in [0.1, 0.15) is 22.2 Å². The Kier molecular flexibility index (Phi) is 5.79. The lowest BCUT2D eigenvalue weighted by Gasteiger charge is -2.12. The molecule has 0 spiro atoms. The first-order valence-corrected chi connectivity index (χ1v) is 8.23. The third-order valence-corrected chi connectivity index (χ3v) is 4.63. The number of pyridine rings is 1. The van der Waals surface area contributed by atoms with E-state index in [0.717, 1.165) is 39.7 Å². The summed E-state index contributed by atoms with van der Waals surface area (Å²) in [6.45, 7) is 5.08. The molecule has 0 aliphatic carbocycles. The molecular weight excluding hydrogens is 336 g/mol. The van der Waals surface area contributed by atoms with Crippen molar-refractivity contribution >= 4 is 33.5 Å². The van der Waals surface area contributed by atoms with Crippen molar-refractivity contribution in [2.24, 2.45) is 0 Å². The van der Waals surface area contributed by atoms with E-state index in [4.69, 9.17) is 0 Å². The van der Waals surface area contributed by atoms with Gasteiger partial charge in [0.15, 0.2) is 0 Å². The number of halogens is 1. The summed E-state index contributed by atoms with van der Waals surface area (Å²) >= 11 is 5.10. The second kappa shape index (κ2) is 7.59. The maximum Gasteiger partial charge on any atom is 0.133 e. The highest BCUT2D eigenvalue weighted by Gasteiger charge is 2.13. The number of hydrogen-bond acceptors (Lipinski definition) is 5. The highest BCUT2D eigenvalue weighted by atomic mass is 79.9. The van der Waals surface area contributed by atoms with Crippen molar-refractivity contribution in [1.82, 2.24) is 15.0 Å². The van der Waals surface area contributed by atoms with Crippen LogP contribution in [0.15, 0.2) is 39.2 Å². The van der Waals surface area contributed by atoms with Crippen LogP contribution in [0.2, 0.25) is 0 Å². The van der Waals surface area contributed by atoms with Crippen molar-refractivity contribution in [3.63, 3.8) is 0 Å². The Labute approximate surface area is 132 Å². The van der Waals surface area contributed by atoms with E-state index in [1.165, 1.54) is 5.56 Å². The zero-order valence-electron chi connectivity index (χ0n) is 11.6. The van der Waals surface area contributed by atoms with Crippen molar-refractivity contribution in [2.45, 2.75) is 36.7 Å². The van der Waals surface area contributed by atoms with Gasteiger partial charge in [0, 0.05) is 18.3 Å². The summed E-state index contributed by atoms with van der Waals surface area (Å²) in [5.74, 6) is 0.930. The number of anilines is 1. The second-order valence-corrected chi connectivity index (χ2v) is 6.01. The van der Waals surface area contributed by atoms with Crippen LogP contribution in [0.4, 0.5) is 5.82 Å². The van der Waals surface area contributed by atoms with E-state index in [2.05, 4.69) is 50.0 Å². The third kappa shape index (κ3) is 3.70. The first-order chi connectivity index (χ1) is 9.76. The molecule has 0 radical (unpaired) electrons. The average Bonchev–Trinajstić information content (AvgIpc) is 2.45. The molecule has 2 aromatic rings. The molecule has 0 aliphatic rings. The molecule has 0 unspecified atom stereocenters. The largest absolute Gasteiger partial charge is 0.370 e. The molecule has 2 rings (SSSR count). The Morgan fingerprint density at radius 1 is 1.20 bits per heavy atom. The van der Waals surface area contributed by atoms with E-state index in [0.29, 0.717) is 0 Å². The molecule has 106 valence electrons. The fraction of sp³-hybridized carbons (Fsp3) is 0.357. The Bertz CT molecular complexity index is 577. The van der Waals surface area contributed by atoms with E-state index in [9.17, 15) is 0 Å². The van der Waals surface area contributed by atoms with E-state index >= 15 is 0 Å². The summed E-state index contributed by atoms with van der Waals surface area (Å²) in [6.07, 6.45) is 5.41. The lowest BCUT2D eigenvalue weighted by atomic mass is 10.2. The number of aromatic nitrogens is 3. The average molecular weight is 353 g/mol. The van der Waals surface area contributed by atoms with Gasteiger partial charge in [-0.25, -0.2) is 15.0 Å². The van der Waals surface area contributed by atoms with Crippen LogP contribution < -0.4 is 5.32 Å². The number of nitrogens with zero attached hydrogens (tertiary/aromatic N) is 3. The summed E-state index contributed by atoms with van der Waals surface area (Å²) in [6, 6.07) is 3.90. The minimum absolute atomic E-state index is 0.852. The van der Waals surface area contributed by atoms with E-state index in [1.54, 1.807) is 24.3 Å². The van der Waals surface area contributed by atoms with Crippen molar-refractivity contribution < 1.29 is 0 Å². The summed E-state index contributed by atoms with van der Waals surface area (Å²) < 4.78 is 0.982. The predicted octanol–water partition coefficient (Wildman–Crippen LogP) is 4.17. The molecular formula is C14H17BrN4S. The van der Waals surface area contributed by atoms with Crippen LogP contribution >= 0.6 is 27.7 Å². The first kappa shape index (κ1) is 15.3. The third-order valence-electron chi connectivity index (χ3n) is 2.67. The van der Waals surface area contributed by atoms with Crippen LogP contribution in [-0.2, 0) is 6.42 Å². The number of nitrogens with one attached hydrogen (secondary N) is 1. The highest BCUT2D eigenvalue weighted by molar-refractivity contribution is 9.10. The van der Waals surface area contributed by atoms with Gasteiger partial charge in [-0.05, 0) is 53.2 Å². The zero-order valence-corrected chi connectivity index (χ0v) is 14.0. The van der Waals surface area contributed by atoms with Gasteiger partial charge in [0.2, 0.25) is 0 Å². The summed E-state index contributed by atoms with van der Waals surface area (Å²) in [7, 11) is 0. The molecule has 0 atom stereocenters. The molecule has 0 amide bonds. The molecule has 2 aromatic heterocycles. The molecule has 4 nitrogen and oxygen atoms in total. The van der Waals surface area contributed by atoms with Crippen LogP contribution in [0.3, 0.4) is 0 Å². The maximum absolute atomic E-state index is 4.43. The van der Waals surface area contributed by atoms with Crippen molar-refractivity contribution in [1.29, 1.82) is 0 Å². The van der Waals surface area contributed by atoms with Gasteiger partial charge in [-0.2, -0.15) is 0 Å². The van der Waals surface area contributed by atoms with Crippen molar-refractivity contribution in [3.8, 4) is 0 Å². The molecule has 1 N–H and O–H groups in total. The zero-order chi connectivity index (χ0) is 14.4. The van der Waals surface area contributed by atoms with Gasteiger partial charge in [-0.15, -0.1) is 0 Å². The molecule has 0 aromatic carbocycles. The maximum atomic E-state index is 4.43. The van der Waals surface area contributed by atoms with Gasteiger partial charge in [-0.3, -0.25) is 0 Å². The minimum atomic E-state index is 0.852. The standard InChI is InChI=1S/C14H17BrN4S/c1-3-6-10-12(16-4-2)18-9-19-13(10)20-14-11(15)7-5-8-17-14/h5,7-9H,3-4,6H2,1-2H3,(H,16,18,19). The fourth-order valence-corrected chi connectivity index (χ4v) is 3.20. The summed E-state index contributed by atoms with van der Waals surface area (Å²) in [5, 5.41) is 5.20. The highest BCUT2D eigenvalue weighted by Crippen LogP contribution is 2.34. The fourth-order valence-electron chi connectivity index (χ4n) is 1.82. The van der Waals surface area contributed by atoms with Crippen LogP contribution in [0.25, 0.3) is 0 Å². The lowest BCUT2D eigenvalue weighted by Crippen LogP contribution is -2.06. The molecule has 0 aliphatic heterocycles. The molecule has 6 heteroatoms. The molecule has 0 bridgehead atoms. The van der Waals surface area contributed by atoms with Gasteiger partial charge < -0.3 is 5.32 Å². The summed E-state index contributed by atoms with van der Waals surface area (Å²) in [5.41, 5.74) is 1.17. The Morgan fingerprint density at radius 2 is 2.05 bits per heavy atom. The topological polar surface area (TPSA) is 50.7 Å². The van der Waals surface area contributed by atoms with E-state index in [1.807, 2.05) is 12.1 Å². The monoisotopic (exact) mass is 352 g/mol. The number of rotatable bonds is 6. The second-order valence-electron chi connectivity index (χ2n) is 4.18. The van der Waals surface area contributed by atoms with E-state index in [-0.39, 0.29) is 0 Å². The Hall–Kier alpha value is -1.14. The Morgan fingerprint density at radius 3 is 2.75 bits per heavy atom. The lowest BCUT2D eigenvalue weighted by molar-refractivity contribution is 0.854. The van der Waals surface area contributed by atoms with Crippen LogP contribution in [0.5, 0.6) is 0 Å². The predicted molar refractivity (Wildman–Crippen MR) is 86.3 cm³/mol. The molecule has 0 saturated heterocycles. The number of hydrogen-bond donors (Lipinski definition) is 1. The van der Waals surface area contributed by atoms with Gasteiger partial charge >= 0.3 is 0 Å². The summed E-state index contributed by atoms with van der Waals surface area (Å²) in [4.78, 5) is 13.2. The van der Waals surface area contributed by atoms with Gasteiger partial charge in [0.05, 0.1) is 4.47 Å². The van der Waals surface area contributed by atoms with Crippen molar-refractivity contribution in [3.05, 3.63) is 34.7 Å². The molecule has 20 heavy (non-hydrogen) atoms. The quantitative estimate of drug-likeness (QED) is 0.790. The first-order valence-electron chi connectivity index (χ1n) is 6.62. The van der Waals surface area contributed by atoms with Crippen molar-refractivity contribution in [2.75, 3.05) is 11.9 Å². The molecule has 2 heterocycles. The minimum Gasteiger partial charge on any atom is -0.370 e. The normalized spacial score (nSPS) is 10.6. The Balaban J connectivity index is 2.35. The van der Waals surface area contributed by atoms with E-state index < -0.39 is 0 Å². The van der Waals surface area contributed by atoms with Crippen LogP contribution in [0.1, 0.15) is 25.8 Å². The SMILES string of the molecule is CCCc1c(NCC)ncnc1Sc1ncccc1Br. The van der Waals surface area contributed by atoms with Crippen LogP contribution in [0, 0.1) is 0 Å². The molecule has 0 fully saturated rings. The molecule has 0 saturated carbocycles. The van der Waals surface area contributed by atoms with Gasteiger partial charge in [-0.1, -0.05) is 13.3 Å². The van der Waals surface area contributed by atoms with Gasteiger partial charge in [0.25, 0.3) is 0 Å².